The van der Waals surface area contributed by atoms with Gasteiger partial charge >= 0.3 is 0 Å². The number of rotatable bonds is 5. The fourth-order valence-electron chi connectivity index (χ4n) is 3.74. The summed E-state index contributed by atoms with van der Waals surface area (Å²) in [5.74, 6) is 0.439. The first kappa shape index (κ1) is 20.6. The highest BCUT2D eigenvalue weighted by molar-refractivity contribution is 7.89. The number of nitrogens with one attached hydrogen (secondary N) is 1. The summed E-state index contributed by atoms with van der Waals surface area (Å²) in [6, 6.07) is 10.2. The monoisotopic (exact) mass is 431 g/mol. The van der Waals surface area contributed by atoms with Crippen LogP contribution in [0.25, 0.3) is 0 Å². The quantitative estimate of drug-likeness (QED) is 0.783. The van der Waals surface area contributed by atoms with Crippen molar-refractivity contribution in [2.45, 2.75) is 18.7 Å². The number of para-hydroxylation sites is 2. The van der Waals surface area contributed by atoms with Crippen LogP contribution in [-0.4, -0.2) is 58.0 Å². The molecule has 1 N–H and O–H groups in total. The summed E-state index contributed by atoms with van der Waals surface area (Å²) in [7, 11) is -3.80. The lowest BCUT2D eigenvalue weighted by molar-refractivity contribution is 0.102. The number of morpholine rings is 1. The molecule has 0 unspecified atom stereocenters. The molecule has 2 aromatic rings. The van der Waals surface area contributed by atoms with Gasteiger partial charge in [-0.15, -0.1) is 0 Å². The Morgan fingerprint density at radius 3 is 2.47 bits per heavy atom. The molecular formula is C21H25N3O5S. The average molecular weight is 432 g/mol. The smallest absolute Gasteiger partial charge is 0.259 e. The number of hydrogen-bond donors (Lipinski definition) is 1. The predicted octanol–water partition coefficient (Wildman–Crippen LogP) is 2.91. The van der Waals surface area contributed by atoms with Gasteiger partial charge in [-0.3, -0.25) is 4.79 Å². The minimum Gasteiger partial charge on any atom is -0.454 e. The van der Waals surface area contributed by atoms with Crippen molar-refractivity contribution in [2.24, 2.45) is 0 Å². The van der Waals surface area contributed by atoms with E-state index in [9.17, 15) is 13.2 Å². The number of fused-ring (bicyclic) bond motifs is 2. The number of carbonyl (C=O) groups excluding carboxylic acids is 1. The molecule has 0 atom stereocenters. The molecule has 2 aliphatic heterocycles. The highest BCUT2D eigenvalue weighted by atomic mass is 32.2. The molecule has 0 saturated carbocycles. The second-order valence-corrected chi connectivity index (χ2v) is 8.96. The number of carbonyl (C=O) groups is 1. The normalized spacial score (nSPS) is 16.4. The van der Waals surface area contributed by atoms with Gasteiger partial charge in [-0.05, 0) is 18.2 Å². The number of amides is 1. The maximum absolute atomic E-state index is 13.5. The largest absolute Gasteiger partial charge is 0.454 e. The van der Waals surface area contributed by atoms with Gasteiger partial charge in [0.05, 0.1) is 30.2 Å². The summed E-state index contributed by atoms with van der Waals surface area (Å²) in [4.78, 5) is 15.0. The van der Waals surface area contributed by atoms with Crippen LogP contribution in [0.4, 0.5) is 11.4 Å². The van der Waals surface area contributed by atoms with Crippen LogP contribution < -0.4 is 15.0 Å². The summed E-state index contributed by atoms with van der Waals surface area (Å²) in [6.45, 7) is 6.40. The Labute approximate surface area is 176 Å². The van der Waals surface area contributed by atoms with Gasteiger partial charge in [-0.2, -0.15) is 4.31 Å². The van der Waals surface area contributed by atoms with Crippen LogP contribution in [0.5, 0.6) is 11.5 Å². The predicted molar refractivity (Wildman–Crippen MR) is 114 cm³/mol. The highest BCUT2D eigenvalue weighted by Crippen LogP contribution is 2.41. The van der Waals surface area contributed by atoms with E-state index < -0.39 is 15.9 Å². The first-order valence-electron chi connectivity index (χ1n) is 10.0. The molecule has 1 fully saturated rings. The molecule has 8 nitrogen and oxygen atoms in total. The fourth-order valence-corrected chi connectivity index (χ4v) is 5.42. The van der Waals surface area contributed by atoms with Crippen molar-refractivity contribution < 1.29 is 22.7 Å². The lowest BCUT2D eigenvalue weighted by Crippen LogP contribution is -2.38. The van der Waals surface area contributed by atoms with Gasteiger partial charge in [0, 0.05) is 32.2 Å². The Balaban J connectivity index is 1.90. The molecule has 1 saturated heterocycles. The van der Waals surface area contributed by atoms with Gasteiger partial charge in [0.25, 0.3) is 5.91 Å². The van der Waals surface area contributed by atoms with E-state index in [1.165, 1.54) is 10.4 Å². The minimum atomic E-state index is -3.80. The average Bonchev–Trinajstić information content (AvgIpc) is 2.89. The van der Waals surface area contributed by atoms with Gasteiger partial charge in [0.1, 0.15) is 10.6 Å². The molecule has 30 heavy (non-hydrogen) atoms. The summed E-state index contributed by atoms with van der Waals surface area (Å²) in [5, 5.41) is 2.81. The van der Waals surface area contributed by atoms with E-state index in [0.717, 1.165) is 0 Å². The van der Waals surface area contributed by atoms with E-state index in [0.29, 0.717) is 62.3 Å². The molecule has 160 valence electrons. The number of nitrogens with zero attached hydrogens (tertiary/aromatic N) is 2. The van der Waals surface area contributed by atoms with Crippen LogP contribution in [0.2, 0.25) is 0 Å². The lowest BCUT2D eigenvalue weighted by Gasteiger charge is -2.32. The van der Waals surface area contributed by atoms with Crippen LogP contribution >= 0.6 is 0 Å². The van der Waals surface area contributed by atoms with Gasteiger partial charge in [0.15, 0.2) is 5.75 Å². The van der Waals surface area contributed by atoms with Crippen molar-refractivity contribution in [2.75, 3.05) is 49.6 Å². The van der Waals surface area contributed by atoms with Crippen molar-refractivity contribution in [3.05, 3.63) is 42.0 Å². The second-order valence-electron chi connectivity index (χ2n) is 7.06. The maximum Gasteiger partial charge on any atom is 0.259 e. The minimum absolute atomic E-state index is 0.108. The van der Waals surface area contributed by atoms with Crippen molar-refractivity contribution >= 4 is 27.3 Å². The lowest BCUT2D eigenvalue weighted by atomic mass is 10.1. The molecular weight excluding hydrogens is 406 g/mol. The third-order valence-corrected chi connectivity index (χ3v) is 7.42. The zero-order chi connectivity index (χ0) is 21.3. The summed E-state index contributed by atoms with van der Waals surface area (Å²) in [6.07, 6.45) is 0. The Kier molecular flexibility index (Phi) is 5.68. The van der Waals surface area contributed by atoms with Gasteiger partial charge in [0.2, 0.25) is 10.0 Å². The Bertz CT molecular complexity index is 1060. The highest BCUT2D eigenvalue weighted by Gasteiger charge is 2.32. The molecule has 0 bridgehead atoms. The van der Waals surface area contributed by atoms with E-state index in [1.807, 2.05) is 11.0 Å². The Hall–Kier alpha value is -2.62. The SMILES string of the molecule is CCN(CC)S(=O)(=O)c1cc2c(cc1N1CCOCC1)Oc1ccccc1NC2=O. The van der Waals surface area contributed by atoms with Gasteiger partial charge < -0.3 is 19.7 Å². The summed E-state index contributed by atoms with van der Waals surface area (Å²) in [5.41, 5.74) is 1.25. The van der Waals surface area contributed by atoms with Gasteiger partial charge in [-0.25, -0.2) is 8.42 Å². The molecule has 9 heteroatoms. The Morgan fingerprint density at radius 1 is 1.07 bits per heavy atom. The number of benzene rings is 2. The molecule has 2 aromatic carbocycles. The molecule has 4 rings (SSSR count). The third-order valence-electron chi connectivity index (χ3n) is 5.34. The molecule has 0 spiro atoms. The molecule has 0 radical (unpaired) electrons. The maximum atomic E-state index is 13.5. The number of ether oxygens (including phenoxy) is 2. The topological polar surface area (TPSA) is 88.2 Å². The molecule has 2 heterocycles. The van der Waals surface area contributed by atoms with Crippen molar-refractivity contribution in [3.63, 3.8) is 0 Å². The van der Waals surface area contributed by atoms with Crippen LogP contribution in [0.1, 0.15) is 24.2 Å². The van der Waals surface area contributed by atoms with E-state index in [-0.39, 0.29) is 10.5 Å². The fraction of sp³-hybridized carbons (Fsp3) is 0.381. The van der Waals surface area contributed by atoms with Crippen LogP contribution in [0.3, 0.4) is 0 Å². The Morgan fingerprint density at radius 2 is 1.77 bits per heavy atom. The van der Waals surface area contributed by atoms with Crippen LogP contribution in [0, 0.1) is 0 Å². The zero-order valence-corrected chi connectivity index (χ0v) is 17.9. The van der Waals surface area contributed by atoms with E-state index in [1.54, 1.807) is 38.1 Å². The number of hydrogen-bond acceptors (Lipinski definition) is 6. The van der Waals surface area contributed by atoms with Crippen molar-refractivity contribution in [3.8, 4) is 11.5 Å². The first-order valence-corrected chi connectivity index (χ1v) is 11.5. The van der Waals surface area contributed by atoms with Crippen LogP contribution in [0.15, 0.2) is 41.3 Å². The van der Waals surface area contributed by atoms with E-state index in [2.05, 4.69) is 5.32 Å². The number of sulfonamides is 1. The summed E-state index contributed by atoms with van der Waals surface area (Å²) >= 11 is 0. The molecule has 0 aromatic heterocycles. The first-order chi connectivity index (χ1) is 14.5. The zero-order valence-electron chi connectivity index (χ0n) is 17.1. The van der Waals surface area contributed by atoms with Crippen molar-refractivity contribution in [1.29, 1.82) is 0 Å². The summed E-state index contributed by atoms with van der Waals surface area (Å²) < 4.78 is 39.8. The standard InChI is InChI=1S/C21H25N3O5S/c1-3-24(4-2)30(26,27)20-13-15-19(14-17(20)23-9-11-28-12-10-23)29-18-8-6-5-7-16(18)22-21(15)25/h5-8,13-14H,3-4,9-12H2,1-2H3,(H,22,25). The van der Waals surface area contributed by atoms with E-state index in [4.69, 9.17) is 9.47 Å². The molecule has 0 aliphatic carbocycles. The molecule has 2 aliphatic rings. The van der Waals surface area contributed by atoms with Gasteiger partial charge in [-0.1, -0.05) is 26.0 Å². The molecule has 1 amide bonds. The number of anilines is 2. The van der Waals surface area contributed by atoms with Crippen LogP contribution in [-0.2, 0) is 14.8 Å². The third kappa shape index (κ3) is 3.64. The van der Waals surface area contributed by atoms with E-state index >= 15 is 0 Å². The second kappa shape index (κ2) is 8.25. The van der Waals surface area contributed by atoms with Crippen molar-refractivity contribution in [1.82, 2.24) is 4.31 Å².